The van der Waals surface area contributed by atoms with Gasteiger partial charge >= 0.3 is 0 Å². The van der Waals surface area contributed by atoms with Crippen molar-refractivity contribution >= 4 is 21.5 Å². The molecule has 1 amide bonds. The first-order chi connectivity index (χ1) is 18.8. The van der Waals surface area contributed by atoms with Gasteiger partial charge in [0.1, 0.15) is 22.9 Å². The third kappa shape index (κ3) is 7.43. The summed E-state index contributed by atoms with van der Waals surface area (Å²) in [6.07, 6.45) is 8.92. The van der Waals surface area contributed by atoms with Gasteiger partial charge in [-0.05, 0) is 98.2 Å². The van der Waals surface area contributed by atoms with E-state index in [-0.39, 0.29) is 12.5 Å². The van der Waals surface area contributed by atoms with E-state index in [1.165, 1.54) is 0 Å². The Morgan fingerprint density at radius 3 is 2.38 bits per heavy atom. The van der Waals surface area contributed by atoms with Crippen LogP contribution in [0.2, 0.25) is 0 Å². The molecular formula is C32H39NO6S. The van der Waals surface area contributed by atoms with Gasteiger partial charge in [-0.3, -0.25) is 9.52 Å². The summed E-state index contributed by atoms with van der Waals surface area (Å²) in [5, 5.41) is 9.09. The summed E-state index contributed by atoms with van der Waals surface area (Å²) in [5.41, 5.74) is 5.29. The number of carbonyl (C=O) groups excluding carboxylic acids is 1. The number of allylic oxidation sites excluding steroid dienone is 4. The minimum Gasteiger partial charge on any atom is -0.493 e. The highest BCUT2D eigenvalue weighted by Crippen LogP contribution is 2.35. The summed E-state index contributed by atoms with van der Waals surface area (Å²) in [6.45, 7) is 12.6. The highest BCUT2D eigenvalue weighted by Gasteiger charge is 2.37. The second kappa shape index (κ2) is 12.0. The van der Waals surface area contributed by atoms with E-state index in [1.54, 1.807) is 38.1 Å². The molecule has 8 heteroatoms. The molecule has 0 spiro atoms. The molecule has 2 aliphatic rings. The van der Waals surface area contributed by atoms with Crippen LogP contribution in [0.4, 0.5) is 0 Å². The zero-order chi connectivity index (χ0) is 29.1. The SMILES string of the molecule is C=C1CC[C@@H](Oc2ccc(C3CC(=O)NS3(=O)=O)cc2)C/C=C\C=C1c1c(C)cc(OCCC(C)(C)O)cc1C. The third-order valence-electron chi connectivity index (χ3n) is 7.26. The topological polar surface area (TPSA) is 102 Å². The maximum Gasteiger partial charge on any atom is 0.242 e. The monoisotopic (exact) mass is 565 g/mol. The number of sulfonamides is 1. The maximum absolute atomic E-state index is 12.2. The number of nitrogens with one attached hydrogen (secondary N) is 1. The fourth-order valence-corrected chi connectivity index (χ4v) is 6.55. The van der Waals surface area contributed by atoms with E-state index in [9.17, 15) is 18.3 Å². The van der Waals surface area contributed by atoms with E-state index in [0.717, 1.165) is 52.8 Å². The fourth-order valence-electron chi connectivity index (χ4n) is 5.12. The minimum atomic E-state index is -3.68. The molecule has 2 aromatic rings. The normalized spacial score (nSPS) is 22.0. The zero-order valence-corrected chi connectivity index (χ0v) is 24.5. The molecule has 2 N–H and O–H groups in total. The van der Waals surface area contributed by atoms with Crippen molar-refractivity contribution in [3.63, 3.8) is 0 Å². The van der Waals surface area contributed by atoms with Crippen LogP contribution in [0.5, 0.6) is 11.5 Å². The maximum atomic E-state index is 12.2. The summed E-state index contributed by atoms with van der Waals surface area (Å²) in [4.78, 5) is 11.6. The predicted octanol–water partition coefficient (Wildman–Crippen LogP) is 5.86. The lowest BCUT2D eigenvalue weighted by molar-refractivity contribution is -0.118. The summed E-state index contributed by atoms with van der Waals surface area (Å²) >= 11 is 0. The summed E-state index contributed by atoms with van der Waals surface area (Å²) < 4.78 is 38.6. The molecule has 1 unspecified atom stereocenters. The van der Waals surface area contributed by atoms with E-state index in [2.05, 4.69) is 32.6 Å². The molecule has 40 heavy (non-hydrogen) atoms. The van der Waals surface area contributed by atoms with Crippen molar-refractivity contribution in [1.82, 2.24) is 4.72 Å². The van der Waals surface area contributed by atoms with Gasteiger partial charge in [0, 0.05) is 12.8 Å². The second-order valence-corrected chi connectivity index (χ2v) is 13.2. The summed E-state index contributed by atoms with van der Waals surface area (Å²) in [5.74, 6) is 0.968. The van der Waals surface area contributed by atoms with Crippen LogP contribution >= 0.6 is 0 Å². The Morgan fingerprint density at radius 1 is 1.10 bits per heavy atom. The van der Waals surface area contributed by atoms with E-state index in [1.807, 2.05) is 22.9 Å². The molecule has 0 radical (unpaired) electrons. The minimum absolute atomic E-state index is 0.0653. The van der Waals surface area contributed by atoms with Crippen LogP contribution in [-0.4, -0.2) is 37.7 Å². The van der Waals surface area contributed by atoms with Gasteiger partial charge < -0.3 is 14.6 Å². The van der Waals surface area contributed by atoms with Crippen molar-refractivity contribution in [1.29, 1.82) is 0 Å². The summed E-state index contributed by atoms with van der Waals surface area (Å²) in [6, 6.07) is 11.0. The fraction of sp³-hybridized carbons (Fsp3) is 0.406. The van der Waals surface area contributed by atoms with Crippen molar-refractivity contribution < 1.29 is 27.8 Å². The number of aryl methyl sites for hydroxylation is 2. The molecule has 0 bridgehead atoms. The average molecular weight is 566 g/mol. The lowest BCUT2D eigenvalue weighted by Gasteiger charge is -2.21. The van der Waals surface area contributed by atoms with Gasteiger partial charge in [0.05, 0.1) is 18.6 Å². The number of aliphatic hydroxyl groups is 1. The number of ether oxygens (including phenoxy) is 2. The quantitative estimate of drug-likeness (QED) is 0.416. The average Bonchev–Trinajstić information content (AvgIpc) is 3.17. The number of carbonyl (C=O) groups is 1. The van der Waals surface area contributed by atoms with Crippen molar-refractivity contribution in [2.45, 2.75) is 76.8 Å². The van der Waals surface area contributed by atoms with Crippen molar-refractivity contribution in [2.75, 3.05) is 6.61 Å². The van der Waals surface area contributed by atoms with Crippen LogP contribution in [0.1, 0.15) is 73.5 Å². The van der Waals surface area contributed by atoms with Gasteiger partial charge in [-0.1, -0.05) is 36.9 Å². The highest BCUT2D eigenvalue weighted by molar-refractivity contribution is 7.90. The largest absolute Gasteiger partial charge is 0.493 e. The standard InChI is InChI=1S/C32H39NO6S/c1-21-10-13-25(39-26-14-11-24(12-15-26)29-20-30(34)33-40(29,36)37)8-6-7-9-28(21)31-22(2)18-27(19-23(31)3)38-17-16-32(4,5)35/h6-7,9,11-12,14-15,18-19,25,29,35H,1,8,10,13,16-17,20H2,2-5H3,(H,33,34)/b7-6-,28-9?/t25-,29?/m0/s1. The van der Waals surface area contributed by atoms with E-state index >= 15 is 0 Å². The summed E-state index contributed by atoms with van der Waals surface area (Å²) in [7, 11) is -3.68. The number of amides is 1. The van der Waals surface area contributed by atoms with E-state index < -0.39 is 26.8 Å². The second-order valence-electron chi connectivity index (χ2n) is 11.3. The van der Waals surface area contributed by atoms with Crippen LogP contribution in [0.3, 0.4) is 0 Å². The Hall–Kier alpha value is -3.36. The smallest absolute Gasteiger partial charge is 0.242 e. The Balaban J connectivity index is 1.41. The number of benzene rings is 2. The van der Waals surface area contributed by atoms with E-state index in [0.29, 0.717) is 24.3 Å². The first-order valence-electron chi connectivity index (χ1n) is 13.7. The van der Waals surface area contributed by atoms with Crippen molar-refractivity contribution in [2.24, 2.45) is 0 Å². The number of hydrogen-bond donors (Lipinski definition) is 2. The van der Waals surface area contributed by atoms with Gasteiger partial charge in [-0.2, -0.15) is 0 Å². The Labute approximate surface area is 237 Å². The van der Waals surface area contributed by atoms with Crippen molar-refractivity contribution in [3.05, 3.63) is 89.0 Å². The molecule has 1 saturated heterocycles. The van der Waals surface area contributed by atoms with Gasteiger partial charge in [0.15, 0.2) is 0 Å². The van der Waals surface area contributed by atoms with Crippen LogP contribution in [0, 0.1) is 13.8 Å². The van der Waals surface area contributed by atoms with Gasteiger partial charge in [-0.15, -0.1) is 0 Å². The third-order valence-corrected chi connectivity index (χ3v) is 8.96. The molecule has 1 aliphatic heterocycles. The molecule has 4 rings (SSSR count). The molecule has 1 aliphatic carbocycles. The van der Waals surface area contributed by atoms with Crippen LogP contribution in [0.25, 0.3) is 5.57 Å². The number of hydrogen-bond acceptors (Lipinski definition) is 6. The lowest BCUT2D eigenvalue weighted by atomic mass is 9.89. The van der Waals surface area contributed by atoms with Crippen molar-refractivity contribution in [3.8, 4) is 11.5 Å². The Morgan fingerprint density at radius 2 is 1.77 bits per heavy atom. The van der Waals surface area contributed by atoms with E-state index in [4.69, 9.17) is 9.47 Å². The molecule has 214 valence electrons. The first-order valence-corrected chi connectivity index (χ1v) is 15.2. The van der Waals surface area contributed by atoms with Crippen LogP contribution < -0.4 is 14.2 Å². The van der Waals surface area contributed by atoms with Gasteiger partial charge in [0.2, 0.25) is 15.9 Å². The van der Waals surface area contributed by atoms with Crippen LogP contribution in [-0.2, 0) is 14.8 Å². The molecule has 7 nitrogen and oxygen atoms in total. The molecule has 2 atom stereocenters. The van der Waals surface area contributed by atoms with Gasteiger partial charge in [0.25, 0.3) is 0 Å². The highest BCUT2D eigenvalue weighted by atomic mass is 32.2. The van der Waals surface area contributed by atoms with Crippen LogP contribution in [0.15, 0.2) is 66.8 Å². The predicted molar refractivity (Wildman–Crippen MR) is 158 cm³/mol. The molecule has 1 heterocycles. The molecule has 2 aromatic carbocycles. The zero-order valence-electron chi connectivity index (χ0n) is 23.7. The number of rotatable bonds is 8. The Bertz CT molecular complexity index is 1410. The van der Waals surface area contributed by atoms with Gasteiger partial charge in [-0.25, -0.2) is 8.42 Å². The first kappa shape index (κ1) is 29.6. The Kier molecular flexibility index (Phi) is 8.90. The lowest BCUT2D eigenvalue weighted by Crippen LogP contribution is -2.21. The molecule has 0 aromatic heterocycles. The molecular weight excluding hydrogens is 526 g/mol. The molecule has 0 saturated carbocycles. The molecule has 1 fully saturated rings.